The molecule has 108 valence electrons. The molecule has 1 unspecified atom stereocenters. The maximum absolute atomic E-state index is 12.2. The molecule has 2 N–H and O–H groups in total. The molecule has 1 aromatic rings. The summed E-state index contributed by atoms with van der Waals surface area (Å²) in [7, 11) is 0. The number of aliphatic hydroxyl groups is 1. The van der Waals surface area contributed by atoms with Gasteiger partial charge in [-0.3, -0.25) is 4.79 Å². The molecule has 0 aliphatic heterocycles. The number of hydrogen-bond donors (Lipinski definition) is 2. The molecule has 0 aromatic heterocycles. The minimum absolute atomic E-state index is 0.0378. The topological polar surface area (TPSA) is 58.6 Å². The molecule has 1 amide bonds. The maximum atomic E-state index is 12.2. The van der Waals surface area contributed by atoms with Crippen molar-refractivity contribution in [3.8, 4) is 5.75 Å². The predicted molar refractivity (Wildman–Crippen MR) is 77.8 cm³/mol. The van der Waals surface area contributed by atoms with Crippen LogP contribution >= 0.6 is 0 Å². The van der Waals surface area contributed by atoms with Crippen molar-refractivity contribution in [1.82, 2.24) is 5.32 Å². The SMILES string of the molecule is C=CCOc1ccc(C(=O)NC(C)(CO)C2CC2)cc1. The highest BCUT2D eigenvalue weighted by atomic mass is 16.5. The highest BCUT2D eigenvalue weighted by Gasteiger charge is 2.42. The number of aliphatic hydroxyl groups excluding tert-OH is 1. The van der Waals surface area contributed by atoms with Crippen LogP contribution in [-0.2, 0) is 0 Å². The van der Waals surface area contributed by atoms with Crippen molar-refractivity contribution in [2.75, 3.05) is 13.2 Å². The summed E-state index contributed by atoms with van der Waals surface area (Å²) < 4.78 is 5.37. The Morgan fingerprint density at radius 3 is 2.65 bits per heavy atom. The minimum Gasteiger partial charge on any atom is -0.490 e. The summed E-state index contributed by atoms with van der Waals surface area (Å²) in [6, 6.07) is 6.95. The molecule has 1 saturated carbocycles. The van der Waals surface area contributed by atoms with Crippen molar-refractivity contribution >= 4 is 5.91 Å². The van der Waals surface area contributed by atoms with E-state index in [0.717, 1.165) is 12.8 Å². The molecular weight excluding hydrogens is 254 g/mol. The summed E-state index contributed by atoms with van der Waals surface area (Å²) in [5, 5.41) is 12.4. The molecule has 4 nitrogen and oxygen atoms in total. The van der Waals surface area contributed by atoms with E-state index < -0.39 is 5.54 Å². The van der Waals surface area contributed by atoms with E-state index in [1.807, 2.05) is 6.92 Å². The molecule has 0 bridgehead atoms. The number of carbonyl (C=O) groups excluding carboxylic acids is 1. The van der Waals surface area contributed by atoms with Crippen LogP contribution in [0.2, 0.25) is 0 Å². The standard InChI is InChI=1S/C16H21NO3/c1-3-10-20-14-8-4-12(5-9-14)15(19)17-16(2,11-18)13-6-7-13/h3-5,8-9,13,18H,1,6-7,10-11H2,2H3,(H,17,19). The monoisotopic (exact) mass is 275 g/mol. The van der Waals surface area contributed by atoms with E-state index in [2.05, 4.69) is 11.9 Å². The van der Waals surface area contributed by atoms with Crippen LogP contribution in [0.5, 0.6) is 5.75 Å². The van der Waals surface area contributed by atoms with Gasteiger partial charge in [0, 0.05) is 5.56 Å². The van der Waals surface area contributed by atoms with Crippen molar-refractivity contribution in [1.29, 1.82) is 0 Å². The molecule has 0 saturated heterocycles. The Morgan fingerprint density at radius 1 is 1.50 bits per heavy atom. The average Bonchev–Trinajstić information content (AvgIpc) is 3.30. The number of ether oxygens (including phenoxy) is 1. The normalized spacial score (nSPS) is 17.1. The molecule has 0 radical (unpaired) electrons. The number of carbonyl (C=O) groups is 1. The molecule has 0 heterocycles. The van der Waals surface area contributed by atoms with Crippen LogP contribution in [0.4, 0.5) is 0 Å². The Labute approximate surface area is 119 Å². The quantitative estimate of drug-likeness (QED) is 0.750. The van der Waals surface area contributed by atoms with E-state index in [1.165, 1.54) is 0 Å². The van der Waals surface area contributed by atoms with Crippen LogP contribution < -0.4 is 10.1 Å². The Morgan fingerprint density at radius 2 is 2.15 bits per heavy atom. The first-order valence-corrected chi connectivity index (χ1v) is 6.86. The first-order valence-electron chi connectivity index (χ1n) is 6.86. The highest BCUT2D eigenvalue weighted by molar-refractivity contribution is 5.94. The van der Waals surface area contributed by atoms with Gasteiger partial charge >= 0.3 is 0 Å². The zero-order valence-electron chi connectivity index (χ0n) is 11.8. The smallest absolute Gasteiger partial charge is 0.251 e. The van der Waals surface area contributed by atoms with Gasteiger partial charge in [-0.15, -0.1) is 0 Å². The molecular formula is C16H21NO3. The Bertz CT molecular complexity index is 479. The Hall–Kier alpha value is -1.81. The molecule has 1 atom stereocenters. The molecule has 1 fully saturated rings. The van der Waals surface area contributed by atoms with Crippen molar-refractivity contribution in [2.45, 2.75) is 25.3 Å². The van der Waals surface area contributed by atoms with Crippen LogP contribution in [0.3, 0.4) is 0 Å². The van der Waals surface area contributed by atoms with Gasteiger partial charge in [-0.05, 0) is 49.9 Å². The number of rotatable bonds is 7. The number of nitrogens with one attached hydrogen (secondary N) is 1. The minimum atomic E-state index is -0.519. The fraction of sp³-hybridized carbons (Fsp3) is 0.438. The van der Waals surface area contributed by atoms with Crippen LogP contribution in [-0.4, -0.2) is 29.8 Å². The van der Waals surface area contributed by atoms with Crippen molar-refractivity contribution in [2.24, 2.45) is 5.92 Å². The Kier molecular flexibility index (Phi) is 4.45. The van der Waals surface area contributed by atoms with Gasteiger partial charge < -0.3 is 15.2 Å². The zero-order valence-corrected chi connectivity index (χ0v) is 11.8. The van der Waals surface area contributed by atoms with E-state index >= 15 is 0 Å². The van der Waals surface area contributed by atoms with Gasteiger partial charge in [0.2, 0.25) is 0 Å². The summed E-state index contributed by atoms with van der Waals surface area (Å²) in [5.74, 6) is 0.920. The van der Waals surface area contributed by atoms with E-state index in [-0.39, 0.29) is 12.5 Å². The first kappa shape index (κ1) is 14.6. The molecule has 2 rings (SSSR count). The fourth-order valence-electron chi connectivity index (χ4n) is 2.18. The second kappa shape index (κ2) is 6.09. The van der Waals surface area contributed by atoms with Crippen LogP contribution in [0.25, 0.3) is 0 Å². The van der Waals surface area contributed by atoms with Gasteiger partial charge in [-0.25, -0.2) is 0 Å². The lowest BCUT2D eigenvalue weighted by molar-refractivity contribution is 0.0824. The summed E-state index contributed by atoms with van der Waals surface area (Å²) >= 11 is 0. The second-order valence-electron chi connectivity index (χ2n) is 5.43. The maximum Gasteiger partial charge on any atom is 0.251 e. The van der Waals surface area contributed by atoms with Gasteiger partial charge in [-0.1, -0.05) is 12.7 Å². The highest BCUT2D eigenvalue weighted by Crippen LogP contribution is 2.39. The molecule has 4 heteroatoms. The lowest BCUT2D eigenvalue weighted by atomic mass is 9.96. The molecule has 1 aromatic carbocycles. The van der Waals surface area contributed by atoms with Crippen molar-refractivity contribution in [3.05, 3.63) is 42.5 Å². The summed E-state index contributed by atoms with van der Waals surface area (Å²) in [5.41, 5.74) is 0.0472. The number of amides is 1. The van der Waals surface area contributed by atoms with Gasteiger partial charge in [-0.2, -0.15) is 0 Å². The third kappa shape index (κ3) is 3.39. The van der Waals surface area contributed by atoms with E-state index in [0.29, 0.717) is 23.8 Å². The lowest BCUT2D eigenvalue weighted by Gasteiger charge is -2.28. The van der Waals surface area contributed by atoms with E-state index in [1.54, 1.807) is 30.3 Å². The summed E-state index contributed by atoms with van der Waals surface area (Å²) in [6.45, 7) is 5.88. The van der Waals surface area contributed by atoms with Crippen LogP contribution in [0.1, 0.15) is 30.1 Å². The van der Waals surface area contributed by atoms with E-state index in [4.69, 9.17) is 4.74 Å². The lowest BCUT2D eigenvalue weighted by Crippen LogP contribution is -2.50. The molecule has 20 heavy (non-hydrogen) atoms. The molecule has 1 aliphatic rings. The van der Waals surface area contributed by atoms with Gasteiger partial charge in [0.15, 0.2) is 0 Å². The van der Waals surface area contributed by atoms with E-state index in [9.17, 15) is 9.90 Å². The number of benzene rings is 1. The van der Waals surface area contributed by atoms with Gasteiger partial charge in [0.05, 0.1) is 12.1 Å². The molecule has 0 spiro atoms. The fourth-order valence-corrected chi connectivity index (χ4v) is 2.18. The van der Waals surface area contributed by atoms with Crippen molar-refractivity contribution < 1.29 is 14.6 Å². The van der Waals surface area contributed by atoms with Gasteiger partial charge in [0.1, 0.15) is 12.4 Å². The Balaban J connectivity index is 1.99. The summed E-state index contributed by atoms with van der Waals surface area (Å²) in [6.07, 6.45) is 3.79. The second-order valence-corrected chi connectivity index (χ2v) is 5.43. The molecule has 1 aliphatic carbocycles. The van der Waals surface area contributed by atoms with Crippen molar-refractivity contribution in [3.63, 3.8) is 0 Å². The first-order chi connectivity index (χ1) is 9.59. The average molecular weight is 275 g/mol. The zero-order chi connectivity index (χ0) is 14.6. The summed E-state index contributed by atoms with van der Waals surface area (Å²) in [4.78, 5) is 12.2. The largest absolute Gasteiger partial charge is 0.490 e. The number of hydrogen-bond acceptors (Lipinski definition) is 3. The van der Waals surface area contributed by atoms with Gasteiger partial charge in [0.25, 0.3) is 5.91 Å². The van der Waals surface area contributed by atoms with Crippen LogP contribution in [0, 0.1) is 5.92 Å². The predicted octanol–water partition coefficient (Wildman–Crippen LogP) is 2.14. The third-order valence-corrected chi connectivity index (χ3v) is 3.69. The van der Waals surface area contributed by atoms with Crippen LogP contribution in [0.15, 0.2) is 36.9 Å². The third-order valence-electron chi connectivity index (χ3n) is 3.69.